The molecule has 0 aliphatic carbocycles. The maximum absolute atomic E-state index is 13.1. The number of carbonyl (C=O) groups excluding carboxylic acids is 1. The fraction of sp³-hybridized carbons (Fsp3) is 0.333. The van der Waals surface area contributed by atoms with Gasteiger partial charge >= 0.3 is 6.18 Å². The molecule has 9 heteroatoms. The van der Waals surface area contributed by atoms with Gasteiger partial charge in [0.05, 0.1) is 29.9 Å². The molecule has 2 aromatic heterocycles. The Morgan fingerprint density at radius 1 is 1.20 bits per heavy atom. The van der Waals surface area contributed by atoms with E-state index >= 15 is 0 Å². The number of nitrogens with zero attached hydrogens (tertiary/aromatic N) is 3. The van der Waals surface area contributed by atoms with Crippen molar-refractivity contribution in [2.24, 2.45) is 7.05 Å². The third kappa shape index (κ3) is 3.72. The molecule has 1 aliphatic heterocycles. The molecular formula is C21H21F3N4O2. The summed E-state index contributed by atoms with van der Waals surface area (Å²) in [6, 6.07) is 5.34. The Morgan fingerprint density at radius 2 is 1.93 bits per heavy atom. The molecular weight excluding hydrogens is 397 g/mol. The van der Waals surface area contributed by atoms with Crippen LogP contribution < -0.4 is 5.32 Å². The number of alkyl halides is 3. The average Bonchev–Trinajstić information content (AvgIpc) is 3.11. The molecule has 158 valence electrons. The van der Waals surface area contributed by atoms with Crippen LogP contribution in [0, 0.1) is 6.92 Å². The molecule has 1 N–H and O–H groups in total. The number of anilines is 2. The zero-order chi connectivity index (χ0) is 21.5. The molecule has 3 heterocycles. The topological polar surface area (TPSA) is 59.4 Å². The van der Waals surface area contributed by atoms with E-state index in [9.17, 15) is 18.0 Å². The highest BCUT2D eigenvalue weighted by Gasteiger charge is 2.31. The molecule has 0 saturated carbocycles. The fourth-order valence-corrected chi connectivity index (χ4v) is 3.57. The van der Waals surface area contributed by atoms with Crippen molar-refractivity contribution < 1.29 is 22.7 Å². The molecule has 4 rings (SSSR count). The predicted octanol–water partition coefficient (Wildman–Crippen LogP) is 4.12. The average molecular weight is 418 g/mol. The number of nitrogens with one attached hydrogen (secondary N) is 1. The second-order valence-electron chi connectivity index (χ2n) is 7.27. The van der Waals surface area contributed by atoms with Crippen LogP contribution in [0.3, 0.4) is 0 Å². The van der Waals surface area contributed by atoms with Crippen molar-refractivity contribution in [2.75, 3.05) is 31.6 Å². The Bertz CT molecular complexity index is 1100. The lowest BCUT2D eigenvalue weighted by Crippen LogP contribution is -2.40. The Labute approximate surface area is 171 Å². The number of amides is 1. The summed E-state index contributed by atoms with van der Waals surface area (Å²) in [5, 5.41) is 3.68. The third-order valence-corrected chi connectivity index (χ3v) is 5.25. The van der Waals surface area contributed by atoms with E-state index in [0.717, 1.165) is 12.1 Å². The molecule has 1 amide bonds. The minimum atomic E-state index is -4.44. The second-order valence-corrected chi connectivity index (χ2v) is 7.27. The van der Waals surface area contributed by atoms with Gasteiger partial charge in [0.25, 0.3) is 5.91 Å². The first-order valence-corrected chi connectivity index (χ1v) is 9.51. The van der Waals surface area contributed by atoms with Gasteiger partial charge in [0.1, 0.15) is 5.82 Å². The van der Waals surface area contributed by atoms with E-state index < -0.39 is 11.7 Å². The molecule has 0 spiro atoms. The Balaban J connectivity index is 1.73. The smallest absolute Gasteiger partial charge is 0.378 e. The van der Waals surface area contributed by atoms with Crippen LogP contribution in [0.2, 0.25) is 0 Å². The molecule has 1 aromatic carbocycles. The number of halogens is 3. The van der Waals surface area contributed by atoms with Gasteiger partial charge in [-0.25, -0.2) is 4.98 Å². The van der Waals surface area contributed by atoms with E-state index in [4.69, 9.17) is 4.74 Å². The normalized spacial score (nSPS) is 14.9. The van der Waals surface area contributed by atoms with Crippen LogP contribution >= 0.6 is 0 Å². The third-order valence-electron chi connectivity index (χ3n) is 5.25. The van der Waals surface area contributed by atoms with Gasteiger partial charge in [-0.3, -0.25) is 4.79 Å². The summed E-state index contributed by atoms with van der Waals surface area (Å²) in [7, 11) is 1.82. The van der Waals surface area contributed by atoms with Crippen molar-refractivity contribution in [1.82, 2.24) is 14.5 Å². The van der Waals surface area contributed by atoms with Gasteiger partial charge in [-0.05, 0) is 30.7 Å². The van der Waals surface area contributed by atoms with Crippen molar-refractivity contribution in [3.63, 3.8) is 0 Å². The summed E-state index contributed by atoms with van der Waals surface area (Å²) in [4.78, 5) is 19.1. The van der Waals surface area contributed by atoms with Crippen molar-refractivity contribution in [1.29, 1.82) is 0 Å². The molecule has 6 nitrogen and oxygen atoms in total. The van der Waals surface area contributed by atoms with Crippen LogP contribution in [-0.2, 0) is 18.0 Å². The number of hydrogen-bond donors (Lipinski definition) is 1. The van der Waals surface area contributed by atoms with Crippen LogP contribution in [0.1, 0.15) is 21.5 Å². The number of carbonyl (C=O) groups is 1. The minimum absolute atomic E-state index is 0.139. The molecule has 0 atom stereocenters. The largest absolute Gasteiger partial charge is 0.416 e. The Morgan fingerprint density at radius 3 is 2.63 bits per heavy atom. The zero-order valence-corrected chi connectivity index (χ0v) is 16.6. The number of aryl methyl sites for hydroxylation is 2. The molecule has 30 heavy (non-hydrogen) atoms. The van der Waals surface area contributed by atoms with Gasteiger partial charge in [0, 0.05) is 43.6 Å². The quantitative estimate of drug-likeness (QED) is 0.695. The monoisotopic (exact) mass is 418 g/mol. The summed E-state index contributed by atoms with van der Waals surface area (Å²) in [6.07, 6.45) is -1.16. The summed E-state index contributed by atoms with van der Waals surface area (Å²) in [6.45, 7) is 3.72. The van der Waals surface area contributed by atoms with Gasteiger partial charge < -0.3 is 19.5 Å². The SMILES string of the molecule is Cc1ccc(C(F)(F)F)cc1Nc1ncc(C(=O)N2CCOCC2)c2c1ccn2C. The highest BCUT2D eigenvalue weighted by Crippen LogP contribution is 2.34. The Hall–Kier alpha value is -3.07. The molecule has 1 aliphatic rings. The molecule has 0 unspecified atom stereocenters. The van der Waals surface area contributed by atoms with Crippen LogP contribution in [-0.4, -0.2) is 46.7 Å². The van der Waals surface area contributed by atoms with E-state index in [1.807, 2.05) is 11.6 Å². The first-order valence-electron chi connectivity index (χ1n) is 9.51. The number of benzene rings is 1. The molecule has 1 saturated heterocycles. The lowest BCUT2D eigenvalue weighted by atomic mass is 10.1. The minimum Gasteiger partial charge on any atom is -0.378 e. The van der Waals surface area contributed by atoms with Crippen LogP contribution in [0.5, 0.6) is 0 Å². The number of morpholine rings is 1. The van der Waals surface area contributed by atoms with Crippen molar-refractivity contribution in [3.05, 3.63) is 53.3 Å². The lowest BCUT2D eigenvalue weighted by molar-refractivity contribution is -0.137. The molecule has 0 radical (unpaired) electrons. The number of pyridine rings is 1. The molecule has 1 fully saturated rings. The Kier molecular flexibility index (Phi) is 5.15. The van der Waals surface area contributed by atoms with Gasteiger partial charge in [0.15, 0.2) is 0 Å². The summed E-state index contributed by atoms with van der Waals surface area (Å²) < 4.78 is 46.5. The lowest BCUT2D eigenvalue weighted by Gasteiger charge is -2.27. The van der Waals surface area contributed by atoms with Crippen LogP contribution in [0.4, 0.5) is 24.7 Å². The maximum atomic E-state index is 13.1. The van der Waals surface area contributed by atoms with Gasteiger partial charge in [0.2, 0.25) is 0 Å². The first kappa shape index (κ1) is 20.2. The standard InChI is InChI=1S/C21H21F3N4O2/c1-13-3-4-14(21(22,23)24)11-17(13)26-19-15-5-6-27(2)18(15)16(12-25-19)20(29)28-7-9-30-10-8-28/h3-6,11-12H,7-10H2,1-2H3,(H,25,26). The summed E-state index contributed by atoms with van der Waals surface area (Å²) >= 11 is 0. The highest BCUT2D eigenvalue weighted by molar-refractivity contribution is 6.08. The number of fused-ring (bicyclic) bond motifs is 1. The predicted molar refractivity (Wildman–Crippen MR) is 107 cm³/mol. The number of hydrogen-bond acceptors (Lipinski definition) is 4. The van der Waals surface area contributed by atoms with Crippen LogP contribution in [0.25, 0.3) is 10.9 Å². The van der Waals surface area contributed by atoms with Gasteiger partial charge in [-0.1, -0.05) is 6.07 Å². The van der Waals surface area contributed by atoms with Crippen LogP contribution in [0.15, 0.2) is 36.7 Å². The highest BCUT2D eigenvalue weighted by atomic mass is 19.4. The maximum Gasteiger partial charge on any atom is 0.416 e. The van der Waals surface area contributed by atoms with Crippen molar-refractivity contribution in [2.45, 2.75) is 13.1 Å². The summed E-state index contributed by atoms with van der Waals surface area (Å²) in [5.74, 6) is 0.256. The number of aromatic nitrogens is 2. The number of ether oxygens (including phenoxy) is 1. The van der Waals surface area contributed by atoms with Crippen molar-refractivity contribution in [3.8, 4) is 0 Å². The first-order chi connectivity index (χ1) is 14.3. The van der Waals surface area contributed by atoms with E-state index in [-0.39, 0.29) is 5.91 Å². The fourth-order valence-electron chi connectivity index (χ4n) is 3.57. The molecule has 0 bridgehead atoms. The summed E-state index contributed by atoms with van der Waals surface area (Å²) in [5.41, 5.74) is 1.36. The zero-order valence-electron chi connectivity index (χ0n) is 16.6. The molecule has 3 aromatic rings. The number of rotatable bonds is 3. The van der Waals surface area contributed by atoms with E-state index in [1.54, 1.807) is 24.1 Å². The van der Waals surface area contributed by atoms with E-state index in [0.29, 0.717) is 59.8 Å². The van der Waals surface area contributed by atoms with E-state index in [1.165, 1.54) is 12.3 Å². The van der Waals surface area contributed by atoms with E-state index in [2.05, 4.69) is 10.3 Å². The van der Waals surface area contributed by atoms with Crippen molar-refractivity contribution >= 4 is 28.3 Å². The van der Waals surface area contributed by atoms with Gasteiger partial charge in [-0.2, -0.15) is 13.2 Å². The van der Waals surface area contributed by atoms with Gasteiger partial charge in [-0.15, -0.1) is 0 Å². The second kappa shape index (κ2) is 7.64.